The number of benzene rings is 2. The molecule has 0 atom stereocenters. The van der Waals surface area contributed by atoms with Crippen LogP contribution >= 0.6 is 12.4 Å². The number of nitrogens with one attached hydrogen (secondary N) is 2. The maximum absolute atomic E-state index is 14.7. The minimum atomic E-state index is -0.353. The van der Waals surface area contributed by atoms with Crippen molar-refractivity contribution in [2.45, 2.75) is 45.8 Å². The van der Waals surface area contributed by atoms with Gasteiger partial charge in [-0.3, -0.25) is 13.9 Å². The molecule has 2 N–H and O–H groups in total. The zero-order valence-corrected chi connectivity index (χ0v) is 17.7. The molecule has 2 heterocycles. The molecule has 4 rings (SSSR count). The van der Waals surface area contributed by atoms with E-state index in [9.17, 15) is 14.0 Å². The van der Waals surface area contributed by atoms with Crippen LogP contribution in [0.2, 0.25) is 0 Å². The van der Waals surface area contributed by atoms with Crippen LogP contribution in [0.3, 0.4) is 0 Å². The monoisotopic (exact) mass is 432 g/mol. The molecular formula is C22H26ClFN4O2. The van der Waals surface area contributed by atoms with Crippen LogP contribution in [0.4, 0.5) is 10.1 Å². The molecule has 0 bridgehead atoms. The van der Waals surface area contributed by atoms with E-state index in [1.165, 1.54) is 0 Å². The molecule has 0 radical (unpaired) electrons. The van der Waals surface area contributed by atoms with Crippen LogP contribution in [0.5, 0.6) is 0 Å². The Bertz CT molecular complexity index is 1120. The Balaban J connectivity index is 0.00000256. The summed E-state index contributed by atoms with van der Waals surface area (Å²) in [6.07, 6.45) is 1.55. The molecule has 1 aromatic heterocycles. The molecular weight excluding hydrogens is 407 g/mol. The average Bonchev–Trinajstić information content (AvgIpc) is 3.00. The average molecular weight is 433 g/mol. The lowest BCUT2D eigenvalue weighted by Gasteiger charge is -2.19. The number of amides is 1. The van der Waals surface area contributed by atoms with Crippen molar-refractivity contribution in [2.75, 3.05) is 11.9 Å². The van der Waals surface area contributed by atoms with E-state index in [2.05, 4.69) is 10.6 Å². The molecule has 0 saturated heterocycles. The van der Waals surface area contributed by atoms with Gasteiger partial charge in [-0.25, -0.2) is 9.18 Å². The second-order valence-electron chi connectivity index (χ2n) is 7.36. The minimum absolute atomic E-state index is 0. The molecule has 8 heteroatoms. The summed E-state index contributed by atoms with van der Waals surface area (Å²) in [4.78, 5) is 25.3. The van der Waals surface area contributed by atoms with Gasteiger partial charge in [-0.05, 0) is 48.7 Å². The van der Waals surface area contributed by atoms with E-state index in [0.29, 0.717) is 25.1 Å². The highest BCUT2D eigenvalue weighted by atomic mass is 35.5. The van der Waals surface area contributed by atoms with Gasteiger partial charge in [0.25, 0.3) is 0 Å². The fourth-order valence-electron chi connectivity index (χ4n) is 3.98. The van der Waals surface area contributed by atoms with Gasteiger partial charge < -0.3 is 10.6 Å². The smallest absolute Gasteiger partial charge is 0.324 e. The second kappa shape index (κ2) is 9.45. The van der Waals surface area contributed by atoms with E-state index in [1.54, 1.807) is 15.2 Å². The Hall–Kier alpha value is -2.64. The Morgan fingerprint density at radius 2 is 1.83 bits per heavy atom. The third kappa shape index (κ3) is 4.13. The molecule has 0 saturated carbocycles. The van der Waals surface area contributed by atoms with Crippen molar-refractivity contribution in [3.05, 3.63) is 63.8 Å². The number of aryl methyl sites for hydroxylation is 2. The molecule has 0 fully saturated rings. The topological polar surface area (TPSA) is 68.1 Å². The first-order valence-electron chi connectivity index (χ1n) is 10.1. The van der Waals surface area contributed by atoms with Crippen LogP contribution in [0.1, 0.15) is 30.9 Å². The second-order valence-corrected chi connectivity index (χ2v) is 7.36. The molecule has 1 amide bonds. The Morgan fingerprint density at radius 1 is 1.13 bits per heavy atom. The number of carbonyl (C=O) groups excluding carboxylic acids is 1. The molecule has 0 aliphatic carbocycles. The van der Waals surface area contributed by atoms with Crippen molar-refractivity contribution in [3.8, 4) is 0 Å². The lowest BCUT2D eigenvalue weighted by Crippen LogP contribution is -2.27. The molecule has 1 aliphatic heterocycles. The molecule has 2 aromatic carbocycles. The summed E-state index contributed by atoms with van der Waals surface area (Å²) >= 11 is 0. The molecule has 6 nitrogen and oxygen atoms in total. The summed E-state index contributed by atoms with van der Waals surface area (Å²) in [6.45, 7) is 4.28. The van der Waals surface area contributed by atoms with E-state index in [-0.39, 0.29) is 48.5 Å². The van der Waals surface area contributed by atoms with Crippen LogP contribution in [0.25, 0.3) is 11.0 Å². The van der Waals surface area contributed by atoms with Crippen molar-refractivity contribution in [3.63, 3.8) is 0 Å². The lowest BCUT2D eigenvalue weighted by molar-refractivity contribution is -0.116. The third-order valence-corrected chi connectivity index (χ3v) is 5.42. The normalized spacial score (nSPS) is 13.0. The van der Waals surface area contributed by atoms with E-state index < -0.39 is 0 Å². The number of hydrogen-bond donors (Lipinski definition) is 2. The number of para-hydroxylation sites is 2. The van der Waals surface area contributed by atoms with Gasteiger partial charge in [-0.1, -0.05) is 25.1 Å². The first-order valence-corrected chi connectivity index (χ1v) is 10.1. The molecule has 1 aliphatic rings. The summed E-state index contributed by atoms with van der Waals surface area (Å²) in [7, 11) is 0. The van der Waals surface area contributed by atoms with Gasteiger partial charge in [0, 0.05) is 26.1 Å². The minimum Gasteiger partial charge on any atom is -0.324 e. The molecule has 0 unspecified atom stereocenters. The van der Waals surface area contributed by atoms with Gasteiger partial charge >= 0.3 is 5.69 Å². The Morgan fingerprint density at radius 3 is 2.53 bits per heavy atom. The van der Waals surface area contributed by atoms with Gasteiger partial charge in [0.15, 0.2) is 0 Å². The fraction of sp³-hybridized carbons (Fsp3) is 0.364. The number of anilines is 1. The number of aromatic nitrogens is 2. The van der Waals surface area contributed by atoms with Gasteiger partial charge in [0.1, 0.15) is 5.82 Å². The molecule has 3 aromatic rings. The maximum Gasteiger partial charge on any atom is 0.329 e. The quantitative estimate of drug-likeness (QED) is 0.627. The first-order chi connectivity index (χ1) is 14.1. The SMILES string of the molecule is CCCn1c(=O)n(CCC(=O)Nc2ccc3c(c2F)CCNC3)c2ccccc21.Cl. The maximum atomic E-state index is 14.7. The van der Waals surface area contributed by atoms with E-state index in [0.717, 1.165) is 29.6 Å². The van der Waals surface area contributed by atoms with Gasteiger partial charge in [-0.15, -0.1) is 12.4 Å². The fourth-order valence-corrected chi connectivity index (χ4v) is 3.98. The molecule has 30 heavy (non-hydrogen) atoms. The number of imidazole rings is 1. The van der Waals surface area contributed by atoms with Crippen LogP contribution in [-0.4, -0.2) is 21.6 Å². The summed E-state index contributed by atoms with van der Waals surface area (Å²) in [6, 6.07) is 11.0. The lowest BCUT2D eigenvalue weighted by atomic mass is 9.99. The summed E-state index contributed by atoms with van der Waals surface area (Å²) < 4.78 is 18.1. The van der Waals surface area contributed by atoms with Crippen LogP contribution in [0, 0.1) is 5.82 Å². The van der Waals surface area contributed by atoms with Gasteiger partial charge in [0.2, 0.25) is 5.91 Å². The number of halogens is 2. The number of rotatable bonds is 6. The highest BCUT2D eigenvalue weighted by Gasteiger charge is 2.18. The van der Waals surface area contributed by atoms with Crippen molar-refractivity contribution in [1.82, 2.24) is 14.5 Å². The van der Waals surface area contributed by atoms with Crippen molar-refractivity contribution in [2.24, 2.45) is 0 Å². The summed E-state index contributed by atoms with van der Waals surface area (Å²) in [5.74, 6) is -0.661. The van der Waals surface area contributed by atoms with Crippen molar-refractivity contribution in [1.29, 1.82) is 0 Å². The van der Waals surface area contributed by atoms with Crippen molar-refractivity contribution >= 4 is 35.0 Å². The number of fused-ring (bicyclic) bond motifs is 2. The van der Waals surface area contributed by atoms with E-state index in [1.807, 2.05) is 37.3 Å². The number of hydrogen-bond acceptors (Lipinski definition) is 3. The zero-order chi connectivity index (χ0) is 20.4. The Kier molecular flexibility index (Phi) is 6.95. The first kappa shape index (κ1) is 22.1. The highest BCUT2D eigenvalue weighted by Crippen LogP contribution is 2.24. The number of carbonyl (C=O) groups is 1. The standard InChI is InChI=1S/C22H25FN4O2.ClH/c1-2-12-26-18-5-3-4-6-19(18)27(22(26)29)13-10-20(28)25-17-8-7-15-14-24-11-9-16(15)21(17)23;/h3-8,24H,2,9-14H2,1H3,(H,25,28);1H. The van der Waals surface area contributed by atoms with E-state index in [4.69, 9.17) is 0 Å². The van der Waals surface area contributed by atoms with Crippen LogP contribution in [0.15, 0.2) is 41.2 Å². The van der Waals surface area contributed by atoms with Crippen molar-refractivity contribution < 1.29 is 9.18 Å². The van der Waals surface area contributed by atoms with E-state index >= 15 is 0 Å². The predicted molar refractivity (Wildman–Crippen MR) is 119 cm³/mol. The summed E-state index contributed by atoms with van der Waals surface area (Å²) in [5.41, 5.74) is 3.37. The molecule has 0 spiro atoms. The van der Waals surface area contributed by atoms with Crippen LogP contribution < -0.4 is 16.3 Å². The Labute approximate surface area is 180 Å². The third-order valence-electron chi connectivity index (χ3n) is 5.42. The van der Waals surface area contributed by atoms with Gasteiger partial charge in [-0.2, -0.15) is 0 Å². The zero-order valence-electron chi connectivity index (χ0n) is 16.9. The van der Waals surface area contributed by atoms with Crippen LogP contribution in [-0.2, 0) is 30.8 Å². The largest absolute Gasteiger partial charge is 0.329 e. The predicted octanol–water partition coefficient (Wildman–Crippen LogP) is 3.45. The molecule has 160 valence electrons. The highest BCUT2D eigenvalue weighted by molar-refractivity contribution is 5.91. The van der Waals surface area contributed by atoms with Gasteiger partial charge in [0.05, 0.1) is 16.7 Å². The summed E-state index contributed by atoms with van der Waals surface area (Å²) in [5, 5.41) is 5.88. The number of nitrogens with zero attached hydrogens (tertiary/aromatic N) is 2.